The molecule has 1 aromatic carbocycles. The first-order valence-electron chi connectivity index (χ1n) is 11.9. The van der Waals surface area contributed by atoms with Crippen molar-refractivity contribution in [3.63, 3.8) is 0 Å². The molecule has 2 aromatic heterocycles. The van der Waals surface area contributed by atoms with Gasteiger partial charge in [-0.15, -0.1) is 11.3 Å². The van der Waals surface area contributed by atoms with Gasteiger partial charge in [-0.05, 0) is 55.7 Å². The number of hydrogen-bond donors (Lipinski definition) is 0. The lowest BCUT2D eigenvalue weighted by atomic mass is 9.83. The zero-order valence-electron chi connectivity index (χ0n) is 20.0. The van der Waals surface area contributed by atoms with Gasteiger partial charge >= 0.3 is 0 Å². The number of Topliss-reactive ketones (excluding diaryl/α,β-unsaturated/α-hetero) is 1. The third kappa shape index (κ3) is 4.12. The minimum Gasteiger partial charge on any atom is -0.493 e. The topological polar surface area (TPSA) is 70.4 Å². The number of hydrogen-bond acceptors (Lipinski definition) is 6. The van der Waals surface area contributed by atoms with Crippen LogP contribution in [0.25, 0.3) is 21.8 Å². The molecule has 6 nitrogen and oxygen atoms in total. The number of carbonyl (C=O) groups is 1. The smallest absolute Gasteiger partial charge is 0.192 e. The molecule has 0 radical (unpaired) electrons. The summed E-state index contributed by atoms with van der Waals surface area (Å²) in [7, 11) is 1.76. The molecule has 1 aliphatic heterocycles. The summed E-state index contributed by atoms with van der Waals surface area (Å²) >= 11 is 1.57. The molecular formula is C27H30N2O4S. The molecule has 0 saturated heterocycles. The first-order valence-corrected chi connectivity index (χ1v) is 12.7. The number of pyridine rings is 1. The zero-order valence-corrected chi connectivity index (χ0v) is 20.9. The van der Waals surface area contributed by atoms with Crippen LogP contribution in [-0.4, -0.2) is 35.2 Å². The Morgan fingerprint density at radius 3 is 2.68 bits per heavy atom. The number of ether oxygens (including phenoxy) is 2. The van der Waals surface area contributed by atoms with Crippen LogP contribution in [0.4, 0.5) is 0 Å². The van der Waals surface area contributed by atoms with Crippen LogP contribution in [0.2, 0.25) is 0 Å². The summed E-state index contributed by atoms with van der Waals surface area (Å²) < 4.78 is 13.9. The lowest BCUT2D eigenvalue weighted by Crippen LogP contribution is -2.34. The third-order valence-corrected chi connectivity index (χ3v) is 7.97. The quantitative estimate of drug-likeness (QED) is 0.425. The second-order valence-corrected chi connectivity index (χ2v) is 10.7. The SMILES string of the molecule is COC1CC(COc2cc3c(cc2-c2nccs2)-c2cc(=O)c(C(C)=O)cn2C(C(C)C)C3)C1. The van der Waals surface area contributed by atoms with Crippen molar-refractivity contribution >= 4 is 17.1 Å². The van der Waals surface area contributed by atoms with Gasteiger partial charge in [-0.3, -0.25) is 9.59 Å². The average Bonchev–Trinajstić information content (AvgIpc) is 3.31. The first-order chi connectivity index (χ1) is 16.4. The second kappa shape index (κ2) is 9.12. The van der Waals surface area contributed by atoms with Crippen LogP contribution in [0.15, 0.2) is 40.8 Å². The van der Waals surface area contributed by atoms with Crippen molar-refractivity contribution in [3.8, 4) is 27.6 Å². The number of ketones is 1. The highest BCUT2D eigenvalue weighted by Crippen LogP contribution is 2.44. The Kier molecular flexibility index (Phi) is 6.16. The lowest BCUT2D eigenvalue weighted by Gasteiger charge is -2.35. The molecule has 1 atom stereocenters. The number of fused-ring (bicyclic) bond motifs is 3. The van der Waals surface area contributed by atoms with Crippen molar-refractivity contribution in [2.24, 2.45) is 11.8 Å². The Morgan fingerprint density at radius 2 is 2.03 bits per heavy atom. The van der Waals surface area contributed by atoms with Gasteiger partial charge < -0.3 is 14.0 Å². The van der Waals surface area contributed by atoms with E-state index in [9.17, 15) is 9.59 Å². The van der Waals surface area contributed by atoms with Crippen LogP contribution in [0.3, 0.4) is 0 Å². The fourth-order valence-electron chi connectivity index (χ4n) is 5.07. The molecule has 7 heteroatoms. The van der Waals surface area contributed by atoms with Gasteiger partial charge in [0, 0.05) is 42.6 Å². The van der Waals surface area contributed by atoms with Gasteiger partial charge in [0.05, 0.1) is 29.5 Å². The van der Waals surface area contributed by atoms with Gasteiger partial charge in [0.1, 0.15) is 10.8 Å². The van der Waals surface area contributed by atoms with E-state index in [4.69, 9.17) is 9.47 Å². The molecule has 2 aliphatic rings. The maximum Gasteiger partial charge on any atom is 0.192 e. The number of nitrogens with zero attached hydrogens (tertiary/aromatic N) is 2. The molecule has 34 heavy (non-hydrogen) atoms. The molecule has 1 unspecified atom stereocenters. The van der Waals surface area contributed by atoms with E-state index in [0.29, 0.717) is 24.5 Å². The molecule has 3 aromatic rings. The fraction of sp³-hybridized carbons (Fsp3) is 0.444. The molecule has 0 amide bonds. The number of benzene rings is 1. The van der Waals surface area contributed by atoms with E-state index >= 15 is 0 Å². The molecule has 178 valence electrons. The highest BCUT2D eigenvalue weighted by Gasteiger charge is 2.31. The minimum atomic E-state index is -0.233. The number of thiazole rings is 1. The predicted octanol–water partition coefficient (Wildman–Crippen LogP) is 5.40. The van der Waals surface area contributed by atoms with Crippen LogP contribution in [-0.2, 0) is 11.2 Å². The largest absolute Gasteiger partial charge is 0.493 e. The third-order valence-electron chi connectivity index (χ3n) is 7.16. The zero-order chi connectivity index (χ0) is 24.0. The van der Waals surface area contributed by atoms with Gasteiger partial charge in [0.25, 0.3) is 0 Å². The van der Waals surface area contributed by atoms with Gasteiger partial charge in [0.15, 0.2) is 11.2 Å². The molecule has 0 spiro atoms. The Morgan fingerprint density at radius 1 is 1.24 bits per heavy atom. The minimum absolute atomic E-state index is 0.147. The normalized spacial score (nSPS) is 21.0. The second-order valence-electron chi connectivity index (χ2n) is 9.76. The van der Waals surface area contributed by atoms with Crippen LogP contribution in [0, 0.1) is 11.8 Å². The van der Waals surface area contributed by atoms with Crippen molar-refractivity contribution in [1.82, 2.24) is 9.55 Å². The maximum atomic E-state index is 12.8. The van der Waals surface area contributed by atoms with Crippen molar-refractivity contribution in [1.29, 1.82) is 0 Å². The summed E-state index contributed by atoms with van der Waals surface area (Å²) in [5, 5.41) is 2.85. The van der Waals surface area contributed by atoms with Crippen LogP contribution in [0.1, 0.15) is 55.6 Å². The monoisotopic (exact) mass is 478 g/mol. The number of aromatic nitrogens is 2. The summed E-state index contributed by atoms with van der Waals surface area (Å²) in [5.74, 6) is 1.47. The number of methoxy groups -OCH3 is 1. The standard InChI is InChI=1S/C27H30N2O4S/c1-15(2)23-9-18-10-26(33-14-17-7-19(8-17)32-4)21(27-28-5-6-34-27)11-20(18)24-12-25(31)22(16(3)30)13-29(23)24/h5-6,10-13,15,17,19,23H,7-9,14H2,1-4H3. The summed E-state index contributed by atoms with van der Waals surface area (Å²) in [5.41, 5.74) is 3.96. The summed E-state index contributed by atoms with van der Waals surface area (Å²) in [6.07, 6.45) is 6.76. The number of carbonyl (C=O) groups excluding carboxylic acids is 1. The molecule has 0 bridgehead atoms. The van der Waals surface area contributed by atoms with E-state index < -0.39 is 0 Å². The van der Waals surface area contributed by atoms with Gasteiger partial charge in [-0.25, -0.2) is 4.98 Å². The van der Waals surface area contributed by atoms with E-state index in [0.717, 1.165) is 52.4 Å². The van der Waals surface area contributed by atoms with Crippen molar-refractivity contribution in [2.45, 2.75) is 52.2 Å². The van der Waals surface area contributed by atoms with Crippen molar-refractivity contribution in [2.75, 3.05) is 13.7 Å². The van der Waals surface area contributed by atoms with Gasteiger partial charge in [-0.1, -0.05) is 13.8 Å². The van der Waals surface area contributed by atoms with E-state index in [2.05, 4.69) is 35.5 Å². The van der Waals surface area contributed by atoms with Crippen LogP contribution >= 0.6 is 11.3 Å². The van der Waals surface area contributed by atoms with Gasteiger partial charge in [-0.2, -0.15) is 0 Å². The van der Waals surface area contributed by atoms with Crippen LogP contribution in [0.5, 0.6) is 5.75 Å². The maximum absolute atomic E-state index is 12.8. The molecule has 0 N–H and O–H groups in total. The summed E-state index contributed by atoms with van der Waals surface area (Å²) in [6.45, 7) is 6.46. The summed E-state index contributed by atoms with van der Waals surface area (Å²) in [6, 6.07) is 6.02. The Balaban J connectivity index is 1.60. The highest BCUT2D eigenvalue weighted by molar-refractivity contribution is 7.13. The molecule has 3 heterocycles. The molecule has 1 saturated carbocycles. The van der Waals surface area contributed by atoms with E-state index in [1.807, 2.05) is 5.38 Å². The molecule has 5 rings (SSSR count). The van der Waals surface area contributed by atoms with Crippen LogP contribution < -0.4 is 10.2 Å². The Hall–Kier alpha value is -2.77. The van der Waals surface area contributed by atoms with Crippen molar-refractivity contribution < 1.29 is 14.3 Å². The summed E-state index contributed by atoms with van der Waals surface area (Å²) in [4.78, 5) is 29.4. The lowest BCUT2D eigenvalue weighted by molar-refractivity contribution is -0.0141. The van der Waals surface area contributed by atoms with E-state index in [1.54, 1.807) is 36.9 Å². The fourth-order valence-corrected chi connectivity index (χ4v) is 5.73. The molecular weight excluding hydrogens is 448 g/mol. The first kappa shape index (κ1) is 23.0. The molecule has 1 aliphatic carbocycles. The van der Waals surface area contributed by atoms with Gasteiger partial charge in [0.2, 0.25) is 0 Å². The Bertz CT molecular complexity index is 1270. The predicted molar refractivity (Wildman–Crippen MR) is 134 cm³/mol. The van der Waals surface area contributed by atoms with Crippen molar-refractivity contribution in [3.05, 3.63) is 57.3 Å². The number of rotatable bonds is 7. The average molecular weight is 479 g/mol. The van der Waals surface area contributed by atoms with E-state index in [1.165, 1.54) is 6.92 Å². The van der Waals surface area contributed by atoms with E-state index in [-0.39, 0.29) is 22.8 Å². The highest BCUT2D eigenvalue weighted by atomic mass is 32.1. The molecule has 1 fully saturated rings. The Labute approximate surface area is 203 Å².